The third-order valence-electron chi connectivity index (χ3n) is 6.29. The van der Waals surface area contributed by atoms with Gasteiger partial charge in [-0.2, -0.15) is 5.10 Å². The highest BCUT2D eigenvalue weighted by Gasteiger charge is 2.18. The Balaban J connectivity index is 1.46. The van der Waals surface area contributed by atoms with Crippen molar-refractivity contribution in [2.75, 3.05) is 27.9 Å². The van der Waals surface area contributed by atoms with Crippen molar-refractivity contribution in [3.8, 4) is 28.7 Å². The summed E-state index contributed by atoms with van der Waals surface area (Å²) in [5, 5.41) is 7.27. The molecular formula is C33H27Cl2N3O9. The number of amides is 2. The summed E-state index contributed by atoms with van der Waals surface area (Å²) < 4.78 is 26.8. The Kier molecular flexibility index (Phi) is 11.8. The van der Waals surface area contributed by atoms with Gasteiger partial charge in [0.15, 0.2) is 11.5 Å². The van der Waals surface area contributed by atoms with Crippen LogP contribution in [0.3, 0.4) is 0 Å². The van der Waals surface area contributed by atoms with Gasteiger partial charge in [0.25, 0.3) is 11.8 Å². The van der Waals surface area contributed by atoms with E-state index in [0.29, 0.717) is 15.8 Å². The van der Waals surface area contributed by atoms with E-state index in [1.807, 2.05) is 0 Å². The number of benzene rings is 4. The molecule has 47 heavy (non-hydrogen) atoms. The van der Waals surface area contributed by atoms with E-state index in [2.05, 4.69) is 15.8 Å². The number of esters is 2. The minimum absolute atomic E-state index is 0.0277. The maximum absolute atomic E-state index is 12.9. The van der Waals surface area contributed by atoms with Crippen molar-refractivity contribution in [3.05, 3.63) is 111 Å². The summed E-state index contributed by atoms with van der Waals surface area (Å²) in [6.07, 6.45) is 1.22. The number of hydrogen-bond donors (Lipinski definition) is 2. The van der Waals surface area contributed by atoms with Crippen LogP contribution in [0.15, 0.2) is 84.0 Å². The SMILES string of the molecule is COc1cc(C(=O)NCC(=O)N/N=C\c2ccc(OC(=O)c3ccc(Cl)cc3)cc2OC(=O)c2ccc(Cl)cc2)cc(OC)c1OC. The predicted molar refractivity (Wildman–Crippen MR) is 173 cm³/mol. The molecule has 0 atom stereocenters. The first-order valence-electron chi connectivity index (χ1n) is 13.6. The molecule has 4 aromatic rings. The summed E-state index contributed by atoms with van der Waals surface area (Å²) in [5.41, 5.74) is 3.16. The third-order valence-corrected chi connectivity index (χ3v) is 6.79. The summed E-state index contributed by atoms with van der Waals surface area (Å²) in [4.78, 5) is 50.6. The highest BCUT2D eigenvalue weighted by Crippen LogP contribution is 2.38. The van der Waals surface area contributed by atoms with Gasteiger partial charge in [0.2, 0.25) is 5.75 Å². The molecule has 2 N–H and O–H groups in total. The molecule has 0 fully saturated rings. The molecule has 14 heteroatoms. The Labute approximate surface area is 279 Å². The van der Waals surface area contributed by atoms with Crippen LogP contribution in [0.5, 0.6) is 28.7 Å². The van der Waals surface area contributed by atoms with Gasteiger partial charge in [-0.3, -0.25) is 9.59 Å². The first-order valence-corrected chi connectivity index (χ1v) is 14.4. The number of carbonyl (C=O) groups excluding carboxylic acids is 4. The first-order chi connectivity index (χ1) is 22.6. The van der Waals surface area contributed by atoms with Gasteiger partial charge in [0.05, 0.1) is 45.2 Å². The molecule has 0 aliphatic carbocycles. The quantitative estimate of drug-likeness (QED) is 0.0875. The Bertz CT molecular complexity index is 1790. The first kappa shape index (κ1) is 34.3. The number of rotatable bonds is 12. The maximum atomic E-state index is 12.9. The Hall–Kier alpha value is -5.59. The summed E-state index contributed by atoms with van der Waals surface area (Å²) in [6, 6.07) is 19.2. The smallest absolute Gasteiger partial charge is 0.343 e. The van der Waals surface area contributed by atoms with E-state index in [-0.39, 0.29) is 45.3 Å². The molecule has 0 saturated carbocycles. The molecule has 0 spiro atoms. The van der Waals surface area contributed by atoms with E-state index in [0.717, 1.165) is 0 Å². The van der Waals surface area contributed by atoms with Crippen LogP contribution in [-0.4, -0.2) is 57.8 Å². The van der Waals surface area contributed by atoms with Crippen LogP contribution >= 0.6 is 23.2 Å². The molecule has 0 bridgehead atoms. The van der Waals surface area contributed by atoms with Gasteiger partial charge in [-0.05, 0) is 72.8 Å². The van der Waals surface area contributed by atoms with Gasteiger partial charge in [0.1, 0.15) is 11.5 Å². The van der Waals surface area contributed by atoms with E-state index in [1.54, 1.807) is 12.1 Å². The molecule has 0 aromatic heterocycles. The van der Waals surface area contributed by atoms with Crippen LogP contribution in [0.2, 0.25) is 10.0 Å². The van der Waals surface area contributed by atoms with Crippen molar-refractivity contribution < 1.29 is 42.9 Å². The van der Waals surface area contributed by atoms with E-state index >= 15 is 0 Å². The molecule has 4 aromatic carbocycles. The second-order valence-electron chi connectivity index (χ2n) is 9.38. The Morgan fingerprint density at radius 2 is 1.23 bits per heavy atom. The summed E-state index contributed by atoms with van der Waals surface area (Å²) in [6.45, 7) is -0.426. The predicted octanol–water partition coefficient (Wildman–Crippen LogP) is 5.34. The van der Waals surface area contributed by atoms with Crippen LogP contribution in [0.1, 0.15) is 36.6 Å². The van der Waals surface area contributed by atoms with E-state index in [4.69, 9.17) is 46.9 Å². The van der Waals surface area contributed by atoms with Crippen LogP contribution < -0.4 is 34.4 Å². The Morgan fingerprint density at radius 1 is 0.681 bits per heavy atom. The third kappa shape index (κ3) is 9.22. The molecule has 0 radical (unpaired) electrons. The normalized spacial score (nSPS) is 10.6. The van der Waals surface area contributed by atoms with Crippen LogP contribution in [-0.2, 0) is 4.79 Å². The number of methoxy groups -OCH3 is 3. The monoisotopic (exact) mass is 679 g/mol. The van der Waals surface area contributed by atoms with Crippen LogP contribution in [0.4, 0.5) is 0 Å². The molecule has 0 aliphatic heterocycles. The second kappa shape index (κ2) is 16.1. The highest BCUT2D eigenvalue weighted by molar-refractivity contribution is 6.31. The van der Waals surface area contributed by atoms with Gasteiger partial charge in [-0.15, -0.1) is 0 Å². The molecule has 2 amide bonds. The van der Waals surface area contributed by atoms with Gasteiger partial charge < -0.3 is 29.0 Å². The van der Waals surface area contributed by atoms with Crippen molar-refractivity contribution in [3.63, 3.8) is 0 Å². The fourth-order valence-electron chi connectivity index (χ4n) is 3.96. The molecule has 0 saturated heterocycles. The summed E-state index contributed by atoms with van der Waals surface area (Å²) in [7, 11) is 4.26. The zero-order valence-electron chi connectivity index (χ0n) is 25.2. The topological polar surface area (TPSA) is 151 Å². The van der Waals surface area contributed by atoms with E-state index in [1.165, 1.54) is 94.3 Å². The van der Waals surface area contributed by atoms with Crippen molar-refractivity contribution in [2.24, 2.45) is 5.10 Å². The number of ether oxygens (including phenoxy) is 5. The summed E-state index contributed by atoms with van der Waals surface area (Å²) in [5.74, 6) is -1.74. The average molecular weight is 680 g/mol. The second-order valence-corrected chi connectivity index (χ2v) is 10.3. The van der Waals surface area contributed by atoms with Crippen LogP contribution in [0.25, 0.3) is 0 Å². The number of nitrogens with zero attached hydrogens (tertiary/aromatic N) is 1. The van der Waals surface area contributed by atoms with Crippen molar-refractivity contribution >= 4 is 53.2 Å². The number of hydrazone groups is 1. The van der Waals surface area contributed by atoms with Gasteiger partial charge in [0, 0.05) is 27.2 Å². The Morgan fingerprint density at radius 3 is 1.77 bits per heavy atom. The van der Waals surface area contributed by atoms with E-state index < -0.39 is 30.3 Å². The molecule has 242 valence electrons. The standard InChI is InChI=1S/C33H27Cl2N3O9/c1-43-27-14-22(15-28(44-2)30(27)45-3)31(40)36-18-29(39)38-37-17-21-8-13-25(46-32(41)19-4-9-23(34)10-5-19)16-26(21)47-33(42)20-6-11-24(35)12-7-20/h4-17H,18H2,1-3H3,(H,36,40)(H,38,39)/b37-17-. The van der Waals surface area contributed by atoms with Crippen molar-refractivity contribution in [1.29, 1.82) is 0 Å². The number of hydrogen-bond acceptors (Lipinski definition) is 10. The zero-order valence-corrected chi connectivity index (χ0v) is 26.7. The van der Waals surface area contributed by atoms with Gasteiger partial charge in [-0.1, -0.05) is 23.2 Å². The lowest BCUT2D eigenvalue weighted by atomic mass is 10.1. The van der Waals surface area contributed by atoms with Gasteiger partial charge in [-0.25, -0.2) is 15.0 Å². The largest absolute Gasteiger partial charge is 0.493 e. The fraction of sp³-hybridized carbons (Fsp3) is 0.121. The minimum Gasteiger partial charge on any atom is -0.493 e. The number of carbonyl (C=O) groups is 4. The molecular weight excluding hydrogens is 653 g/mol. The molecule has 0 heterocycles. The lowest BCUT2D eigenvalue weighted by molar-refractivity contribution is -0.120. The lowest BCUT2D eigenvalue weighted by Gasteiger charge is -2.14. The summed E-state index contributed by atoms with van der Waals surface area (Å²) >= 11 is 11.8. The van der Waals surface area contributed by atoms with E-state index in [9.17, 15) is 19.2 Å². The van der Waals surface area contributed by atoms with Crippen molar-refractivity contribution in [2.45, 2.75) is 0 Å². The minimum atomic E-state index is -0.726. The molecule has 0 unspecified atom stereocenters. The van der Waals surface area contributed by atoms with Gasteiger partial charge >= 0.3 is 11.9 Å². The number of halogens is 2. The maximum Gasteiger partial charge on any atom is 0.343 e. The lowest BCUT2D eigenvalue weighted by Crippen LogP contribution is -2.35. The molecule has 12 nitrogen and oxygen atoms in total. The van der Waals surface area contributed by atoms with Crippen LogP contribution in [0, 0.1) is 0 Å². The average Bonchev–Trinajstić information content (AvgIpc) is 3.07. The number of nitrogens with one attached hydrogen (secondary N) is 2. The molecule has 4 rings (SSSR count). The fourth-order valence-corrected chi connectivity index (χ4v) is 4.21. The molecule has 0 aliphatic rings. The zero-order chi connectivity index (χ0) is 33.9. The highest BCUT2D eigenvalue weighted by atomic mass is 35.5. The van der Waals surface area contributed by atoms with Crippen molar-refractivity contribution in [1.82, 2.24) is 10.7 Å².